The van der Waals surface area contributed by atoms with Crippen LogP contribution in [0.3, 0.4) is 0 Å². The van der Waals surface area contributed by atoms with Crippen LogP contribution in [0.25, 0.3) is 0 Å². The number of methoxy groups -OCH3 is 1. The predicted octanol–water partition coefficient (Wildman–Crippen LogP) is 2.64. The third-order valence-electron chi connectivity index (χ3n) is 4.75. The summed E-state index contributed by atoms with van der Waals surface area (Å²) < 4.78 is 5.15. The molecule has 2 rings (SSSR count). The highest BCUT2D eigenvalue weighted by Gasteiger charge is 2.24. The molecular weight excluding hydrogens is 316 g/mol. The fourth-order valence-electron chi connectivity index (χ4n) is 3.11. The fourth-order valence-corrected chi connectivity index (χ4v) is 3.11. The Bertz CT molecular complexity index is 569. The summed E-state index contributed by atoms with van der Waals surface area (Å²) in [5, 5.41) is 2.99. The average Bonchev–Trinajstić information content (AvgIpc) is 2.64. The third-order valence-corrected chi connectivity index (χ3v) is 4.75. The molecule has 0 unspecified atom stereocenters. The molecule has 0 aliphatic carbocycles. The molecule has 0 bridgehead atoms. The Hall–Kier alpha value is -2.04. The molecule has 1 aromatic rings. The number of amides is 2. The van der Waals surface area contributed by atoms with Crippen molar-refractivity contribution < 1.29 is 14.3 Å². The van der Waals surface area contributed by atoms with Gasteiger partial charge in [-0.05, 0) is 42.9 Å². The van der Waals surface area contributed by atoms with Crippen LogP contribution < -0.4 is 10.1 Å². The van der Waals surface area contributed by atoms with Gasteiger partial charge in [-0.3, -0.25) is 9.59 Å². The van der Waals surface area contributed by atoms with Crippen molar-refractivity contribution in [1.82, 2.24) is 10.2 Å². The van der Waals surface area contributed by atoms with Gasteiger partial charge in [0, 0.05) is 32.0 Å². The molecule has 0 aromatic heterocycles. The van der Waals surface area contributed by atoms with Gasteiger partial charge in [0.1, 0.15) is 5.75 Å². The summed E-state index contributed by atoms with van der Waals surface area (Å²) in [5.74, 6) is 1.49. The Balaban J connectivity index is 1.77. The van der Waals surface area contributed by atoms with E-state index >= 15 is 0 Å². The summed E-state index contributed by atoms with van der Waals surface area (Å²) in [4.78, 5) is 26.2. The van der Waals surface area contributed by atoms with Crippen molar-refractivity contribution >= 4 is 11.8 Å². The minimum Gasteiger partial charge on any atom is -0.497 e. The van der Waals surface area contributed by atoms with Crippen molar-refractivity contribution in [3.8, 4) is 5.75 Å². The summed E-state index contributed by atoms with van der Waals surface area (Å²) >= 11 is 0. The van der Waals surface area contributed by atoms with Gasteiger partial charge in [0.25, 0.3) is 0 Å². The molecule has 0 spiro atoms. The third kappa shape index (κ3) is 6.07. The number of piperidine rings is 1. The van der Waals surface area contributed by atoms with E-state index in [1.54, 1.807) is 7.11 Å². The van der Waals surface area contributed by atoms with E-state index in [1.807, 2.05) is 43.0 Å². The zero-order valence-corrected chi connectivity index (χ0v) is 15.6. The lowest BCUT2D eigenvalue weighted by Gasteiger charge is -2.33. The van der Waals surface area contributed by atoms with E-state index in [-0.39, 0.29) is 17.7 Å². The number of aryl methyl sites for hydroxylation is 1. The molecule has 1 aliphatic rings. The molecule has 1 fully saturated rings. The Morgan fingerprint density at radius 2 is 2.00 bits per heavy atom. The first-order chi connectivity index (χ1) is 12.0. The lowest BCUT2D eigenvalue weighted by Crippen LogP contribution is -2.44. The maximum absolute atomic E-state index is 12.5. The van der Waals surface area contributed by atoms with Crippen molar-refractivity contribution in [2.24, 2.45) is 11.8 Å². The second-order valence-electron chi connectivity index (χ2n) is 7.10. The number of likely N-dealkylation sites (tertiary alicyclic amines) is 1. The van der Waals surface area contributed by atoms with E-state index in [4.69, 9.17) is 4.74 Å². The normalized spacial score (nSPS) is 17.4. The highest BCUT2D eigenvalue weighted by molar-refractivity contribution is 5.78. The number of hydrogen-bond acceptors (Lipinski definition) is 3. The van der Waals surface area contributed by atoms with Crippen molar-refractivity contribution in [1.29, 1.82) is 0 Å². The van der Waals surface area contributed by atoms with Gasteiger partial charge in [0.05, 0.1) is 7.11 Å². The van der Waals surface area contributed by atoms with E-state index in [9.17, 15) is 9.59 Å². The number of benzene rings is 1. The van der Waals surface area contributed by atoms with Gasteiger partial charge in [-0.1, -0.05) is 26.0 Å². The maximum atomic E-state index is 12.5. The highest BCUT2D eigenvalue weighted by atomic mass is 16.5. The van der Waals surface area contributed by atoms with Gasteiger partial charge in [0.2, 0.25) is 11.8 Å². The van der Waals surface area contributed by atoms with E-state index < -0.39 is 0 Å². The van der Waals surface area contributed by atoms with Crippen LogP contribution >= 0.6 is 0 Å². The molecule has 1 aromatic carbocycles. The summed E-state index contributed by atoms with van der Waals surface area (Å²) in [7, 11) is 1.65. The number of carbonyl (C=O) groups is 2. The van der Waals surface area contributed by atoms with Gasteiger partial charge in [-0.25, -0.2) is 0 Å². The number of carbonyl (C=O) groups excluding carboxylic acids is 2. The summed E-state index contributed by atoms with van der Waals surface area (Å²) in [6.07, 6.45) is 3.35. The second-order valence-corrected chi connectivity index (χ2v) is 7.10. The molecule has 2 amide bonds. The van der Waals surface area contributed by atoms with E-state index in [2.05, 4.69) is 5.32 Å². The predicted molar refractivity (Wildman–Crippen MR) is 98.5 cm³/mol. The lowest BCUT2D eigenvalue weighted by molar-refractivity contribution is -0.133. The quantitative estimate of drug-likeness (QED) is 0.826. The van der Waals surface area contributed by atoms with Crippen LogP contribution in [-0.4, -0.2) is 43.5 Å². The molecule has 1 N–H and O–H groups in total. The molecule has 25 heavy (non-hydrogen) atoms. The van der Waals surface area contributed by atoms with Gasteiger partial charge >= 0.3 is 0 Å². The summed E-state index contributed by atoms with van der Waals surface area (Å²) in [5.41, 5.74) is 1.15. The van der Waals surface area contributed by atoms with E-state index in [0.29, 0.717) is 18.9 Å². The summed E-state index contributed by atoms with van der Waals surface area (Å²) in [6, 6.07) is 7.86. The second kappa shape index (κ2) is 9.44. The Labute approximate surface area is 150 Å². The number of nitrogens with one attached hydrogen (secondary N) is 1. The summed E-state index contributed by atoms with van der Waals surface area (Å²) in [6.45, 7) is 6.03. The molecule has 1 atom stereocenters. The topological polar surface area (TPSA) is 58.6 Å². The minimum absolute atomic E-state index is 0.00539. The van der Waals surface area contributed by atoms with Crippen molar-refractivity contribution in [2.45, 2.75) is 39.5 Å². The largest absolute Gasteiger partial charge is 0.497 e. The number of ether oxygens (including phenoxy) is 1. The molecule has 0 saturated carbocycles. The SMILES string of the molecule is COc1ccc(CCC(=O)N2CCC[C@@H](CNC(=O)C(C)C)C2)cc1. The number of nitrogens with zero attached hydrogens (tertiary/aromatic N) is 1. The molecule has 1 aliphatic heterocycles. The Morgan fingerprint density at radius 1 is 1.28 bits per heavy atom. The molecular formula is C20H30N2O3. The zero-order valence-electron chi connectivity index (χ0n) is 15.6. The number of rotatable bonds is 7. The van der Waals surface area contributed by atoms with Crippen LogP contribution in [0, 0.1) is 11.8 Å². The zero-order chi connectivity index (χ0) is 18.2. The highest BCUT2D eigenvalue weighted by Crippen LogP contribution is 2.18. The van der Waals surface area contributed by atoms with Crippen LogP contribution in [0.15, 0.2) is 24.3 Å². The van der Waals surface area contributed by atoms with Gasteiger partial charge in [-0.2, -0.15) is 0 Å². The minimum atomic E-state index is 0.00539. The molecule has 5 heteroatoms. The average molecular weight is 346 g/mol. The number of hydrogen-bond donors (Lipinski definition) is 1. The Kier molecular flexibility index (Phi) is 7.29. The van der Waals surface area contributed by atoms with Crippen molar-refractivity contribution in [3.05, 3.63) is 29.8 Å². The van der Waals surface area contributed by atoms with Crippen LogP contribution in [0.5, 0.6) is 5.75 Å². The molecule has 5 nitrogen and oxygen atoms in total. The standard InChI is InChI=1S/C20H30N2O3/c1-15(2)20(24)21-13-17-5-4-12-22(14-17)19(23)11-8-16-6-9-18(25-3)10-7-16/h6-7,9-10,15,17H,4-5,8,11-14H2,1-3H3,(H,21,24)/t17-/m0/s1. The molecule has 0 radical (unpaired) electrons. The van der Waals surface area contributed by atoms with E-state index in [1.165, 1.54) is 0 Å². The molecule has 1 saturated heterocycles. The van der Waals surface area contributed by atoms with Crippen LogP contribution in [0.4, 0.5) is 0 Å². The molecule has 138 valence electrons. The smallest absolute Gasteiger partial charge is 0.222 e. The van der Waals surface area contributed by atoms with Crippen LogP contribution in [-0.2, 0) is 16.0 Å². The Morgan fingerprint density at radius 3 is 2.64 bits per heavy atom. The molecule has 1 heterocycles. The van der Waals surface area contributed by atoms with Crippen LogP contribution in [0.1, 0.15) is 38.7 Å². The fraction of sp³-hybridized carbons (Fsp3) is 0.600. The first-order valence-electron chi connectivity index (χ1n) is 9.18. The first-order valence-corrected chi connectivity index (χ1v) is 9.18. The van der Waals surface area contributed by atoms with Gasteiger partial charge in [0.15, 0.2) is 0 Å². The van der Waals surface area contributed by atoms with Gasteiger partial charge in [-0.15, -0.1) is 0 Å². The maximum Gasteiger partial charge on any atom is 0.222 e. The lowest BCUT2D eigenvalue weighted by atomic mass is 9.97. The van der Waals surface area contributed by atoms with Crippen LogP contribution in [0.2, 0.25) is 0 Å². The first kappa shape index (κ1) is 19.3. The van der Waals surface area contributed by atoms with Crippen molar-refractivity contribution in [3.63, 3.8) is 0 Å². The van der Waals surface area contributed by atoms with E-state index in [0.717, 1.165) is 43.7 Å². The van der Waals surface area contributed by atoms with Gasteiger partial charge < -0.3 is 15.0 Å². The van der Waals surface area contributed by atoms with Crippen molar-refractivity contribution in [2.75, 3.05) is 26.7 Å². The monoisotopic (exact) mass is 346 g/mol.